The molecule has 5 heterocycles. The largest absolute Gasteiger partial charge is 0.480 e. The number of hydrogen-bond donors (Lipinski definition) is 14. The van der Waals surface area contributed by atoms with Gasteiger partial charge in [0.25, 0.3) is 35.4 Å². The third-order valence-corrected chi connectivity index (χ3v) is 9.45. The number of nitrogens with zero attached hydrogens (tertiary/aromatic N) is 3. The average molecular weight is 1170 g/mol. The molecule has 80 heavy (non-hydrogen) atoms. The predicted octanol–water partition coefficient (Wildman–Crippen LogP) is -10.2. The van der Waals surface area contributed by atoms with Crippen LogP contribution in [0.1, 0.15) is 39.9 Å². The molecule has 5 aliphatic heterocycles. The standard InChI is InChI=1S/C13H14N2O10.C11H19NO10.C6H13NO5.C5H8O6.C4H5NO3.C2H2/c16-8-1-2-9(17)14(8)24-12(20)5-22-7-23-6-13(21)25-15-10(18)3-4-11(15)19;13-1-5-9(17)10(18)8(11(19)22-5)12-6(14)2-20-4-21-3-7(15)16;7-3-5(10)4(9)2(1-8)12-6(3)11;6-4(7)1-10-3-11-2-5(8)9;6-3-1-2-4(7)5(3)8;1-2/h1-7H2;5,8-11,13,17-19H,1-4H2,(H,12,14)(H,15,16);2-6,8-11H,1,7H2;1-3H2,(H,6,7)(H,8,9);8H,1-2H2;1-2H/t;5?,8?,9-,10+,11-;2?,3?,4-,5+,6-;;;/m.11.../s1/i;;;;;1D. The Kier molecular flexibility index (Phi) is 35.1. The zero-order valence-electron chi connectivity index (χ0n) is 42.6. The van der Waals surface area contributed by atoms with Crippen molar-refractivity contribution >= 4 is 71.2 Å². The van der Waals surface area contributed by atoms with Crippen LogP contribution < -0.4 is 11.1 Å². The van der Waals surface area contributed by atoms with Gasteiger partial charge in [0.2, 0.25) is 5.91 Å². The zero-order chi connectivity index (χ0) is 61.9. The number of nitrogens with one attached hydrogen (secondary N) is 1. The number of hydrogen-bond acceptors (Lipinski definition) is 32. The van der Waals surface area contributed by atoms with Gasteiger partial charge in [0.15, 0.2) is 12.6 Å². The van der Waals surface area contributed by atoms with Crippen molar-refractivity contribution in [3.63, 3.8) is 0 Å². The number of carbonyl (C=O) groups excluding carboxylic acids is 9. The number of terminal acetylenes is 1. The van der Waals surface area contributed by atoms with Gasteiger partial charge in [-0.3, -0.25) is 38.8 Å². The normalized spacial score (nSPS) is 25.0. The Morgan fingerprint density at radius 2 is 0.850 bits per heavy atom. The summed E-state index contributed by atoms with van der Waals surface area (Å²) in [6, 6.07) is -2.35. The number of carboxylic acids is 3. The number of aliphatic carboxylic acids is 3. The van der Waals surface area contributed by atoms with Crippen molar-refractivity contribution in [1.82, 2.24) is 20.5 Å². The lowest BCUT2D eigenvalue weighted by atomic mass is 9.97. The Balaban J connectivity index is 0.00000103. The molecule has 0 spiro atoms. The van der Waals surface area contributed by atoms with Crippen LogP contribution in [0.5, 0.6) is 0 Å². The fraction of sp³-hybridized carbons (Fsp3) is 0.659. The molecule has 0 aliphatic carbocycles. The second-order valence-electron chi connectivity index (χ2n) is 15.4. The molecular weight excluding hydrogens is 1110 g/mol. The van der Waals surface area contributed by atoms with E-state index in [9.17, 15) is 83.1 Å². The lowest BCUT2D eigenvalue weighted by molar-refractivity contribution is -0.254. The number of carbonyl (C=O) groups is 12. The van der Waals surface area contributed by atoms with Crippen molar-refractivity contribution in [2.75, 3.05) is 73.2 Å². The van der Waals surface area contributed by atoms with Gasteiger partial charge in [-0.25, -0.2) is 24.0 Å². The van der Waals surface area contributed by atoms with Crippen molar-refractivity contribution in [1.29, 1.82) is 0 Å². The summed E-state index contributed by atoms with van der Waals surface area (Å²) in [7, 11) is 0. The maximum Gasteiger partial charge on any atom is 0.358 e. The second-order valence-corrected chi connectivity index (χ2v) is 15.4. The average Bonchev–Trinajstić information content (AvgIpc) is 4.08. The van der Waals surface area contributed by atoms with Crippen LogP contribution >= 0.6 is 0 Å². The summed E-state index contributed by atoms with van der Waals surface area (Å²) in [4.78, 5) is 138. The van der Waals surface area contributed by atoms with Crippen molar-refractivity contribution in [2.24, 2.45) is 5.73 Å². The molecule has 454 valence electrons. The highest BCUT2D eigenvalue weighted by Gasteiger charge is 2.45. The van der Waals surface area contributed by atoms with Crippen LogP contribution in [0.4, 0.5) is 0 Å². The molecule has 0 aromatic carbocycles. The van der Waals surface area contributed by atoms with Crippen LogP contribution in [0.25, 0.3) is 0 Å². The minimum atomic E-state index is -1.62. The van der Waals surface area contributed by atoms with E-state index in [2.05, 4.69) is 35.6 Å². The molecule has 15 N–H and O–H groups in total. The summed E-state index contributed by atoms with van der Waals surface area (Å²) in [6.45, 7) is -5.67. The summed E-state index contributed by atoms with van der Waals surface area (Å²) >= 11 is 0. The Morgan fingerprint density at radius 1 is 0.537 bits per heavy atom. The number of rotatable bonds is 23. The lowest BCUT2D eigenvalue weighted by Gasteiger charge is -2.40. The van der Waals surface area contributed by atoms with Gasteiger partial charge in [-0.2, -0.15) is 5.06 Å². The first kappa shape index (κ1) is 71.1. The third kappa shape index (κ3) is 27.8. The number of ether oxygens (including phenoxy) is 8. The van der Waals surface area contributed by atoms with Crippen LogP contribution in [0.2, 0.25) is 0 Å². The number of hydroxylamine groups is 6. The fourth-order valence-corrected chi connectivity index (χ4v) is 5.68. The number of amides is 7. The van der Waals surface area contributed by atoms with Crippen LogP contribution in [0.15, 0.2) is 0 Å². The van der Waals surface area contributed by atoms with E-state index in [1.807, 2.05) is 0 Å². The van der Waals surface area contributed by atoms with Crippen LogP contribution in [0, 0.1) is 12.8 Å². The lowest BCUT2D eigenvalue weighted by Crippen LogP contribution is -2.64. The number of aliphatic hydroxyl groups is 8. The Bertz CT molecular complexity index is 2010. The Morgan fingerprint density at radius 3 is 1.18 bits per heavy atom. The highest BCUT2D eigenvalue weighted by molar-refractivity contribution is 6.02. The van der Waals surface area contributed by atoms with E-state index in [1.165, 1.54) is 6.40 Å². The highest BCUT2D eigenvalue weighted by Crippen LogP contribution is 2.20. The van der Waals surface area contributed by atoms with E-state index in [1.54, 1.807) is 0 Å². The summed E-state index contributed by atoms with van der Waals surface area (Å²) in [5.74, 6) is -9.67. The van der Waals surface area contributed by atoms with Crippen molar-refractivity contribution < 1.29 is 168 Å². The number of aliphatic hydroxyl groups excluding tert-OH is 8. The first-order valence-electron chi connectivity index (χ1n) is 22.9. The molecule has 5 rings (SSSR count). The molecule has 39 nitrogen and oxygen atoms in total. The fourth-order valence-electron chi connectivity index (χ4n) is 5.68. The molecule has 5 fully saturated rings. The van der Waals surface area contributed by atoms with Gasteiger partial charge in [-0.1, -0.05) is 0 Å². The molecular formula is C41H61N5O34. The number of imide groups is 3. The first-order chi connectivity index (χ1) is 38.1. The summed E-state index contributed by atoms with van der Waals surface area (Å²) in [5, 5.41) is 110. The van der Waals surface area contributed by atoms with Crippen LogP contribution in [-0.4, -0.2) is 282 Å². The molecule has 4 unspecified atom stereocenters. The summed E-state index contributed by atoms with van der Waals surface area (Å²) < 4.78 is 42.7. The topological polar surface area (TPSA) is 588 Å². The van der Waals surface area contributed by atoms with Crippen molar-refractivity contribution in [2.45, 2.75) is 99.8 Å². The van der Waals surface area contributed by atoms with E-state index in [0.29, 0.717) is 10.1 Å². The molecule has 10 atom stereocenters. The first-order valence-corrected chi connectivity index (χ1v) is 22.4. The summed E-state index contributed by atoms with van der Waals surface area (Å²) in [5.41, 5.74) is 5.26. The van der Waals surface area contributed by atoms with E-state index < -0.39 is 199 Å². The molecule has 0 aromatic rings. The highest BCUT2D eigenvalue weighted by atomic mass is 16.8. The molecule has 0 saturated carbocycles. The maximum absolute atomic E-state index is 11.5. The van der Waals surface area contributed by atoms with Gasteiger partial charge < -0.3 is 115 Å². The molecule has 0 bridgehead atoms. The monoisotopic (exact) mass is 1170 g/mol. The smallest absolute Gasteiger partial charge is 0.358 e. The van der Waals surface area contributed by atoms with E-state index >= 15 is 0 Å². The number of nitrogens with two attached hydrogens (primary N) is 1. The quantitative estimate of drug-likeness (QED) is 0.0149. The van der Waals surface area contributed by atoms with E-state index in [4.69, 9.17) is 66.6 Å². The molecule has 5 aliphatic rings. The molecule has 5 saturated heterocycles. The molecule has 39 heteroatoms. The van der Waals surface area contributed by atoms with Gasteiger partial charge in [0.1, 0.15) is 104 Å². The van der Waals surface area contributed by atoms with Crippen LogP contribution in [-0.2, 0) is 105 Å². The minimum absolute atomic E-state index is 0.0276. The van der Waals surface area contributed by atoms with E-state index in [0.717, 1.165) is 0 Å². The van der Waals surface area contributed by atoms with Crippen molar-refractivity contribution in [3.8, 4) is 12.8 Å². The molecule has 7 amide bonds. The van der Waals surface area contributed by atoms with Gasteiger partial charge in [0.05, 0.1) is 19.3 Å². The predicted molar refractivity (Wildman–Crippen MR) is 240 cm³/mol. The Hall–Kier alpha value is -6.92. The zero-order valence-corrected chi connectivity index (χ0v) is 41.6. The van der Waals surface area contributed by atoms with E-state index in [-0.39, 0.29) is 50.4 Å². The van der Waals surface area contributed by atoms with Crippen molar-refractivity contribution in [3.05, 3.63) is 0 Å². The SMILES string of the molecule is NC1[C@H](O)OC(CO)[C@@H](O)[C@H]1O.O=C(COCOCC(=O)ON1C(=O)CCC1=O)ON1C(=O)CCC1=O.O=C(O)COCOCC(=O)NC1[C@H](O)OC(CO)[C@@H](O)[C@H]1O.O=C(O)COCOCC(=O)O.O=C1CCC(=O)N1O.[2H]C#C. The van der Waals surface area contributed by atoms with Gasteiger partial charge >= 0.3 is 29.8 Å². The molecule has 0 aromatic heterocycles. The minimum Gasteiger partial charge on any atom is -0.480 e. The van der Waals surface area contributed by atoms with Gasteiger partial charge in [-0.15, -0.1) is 22.9 Å². The van der Waals surface area contributed by atoms with Crippen LogP contribution in [0.3, 0.4) is 0 Å². The maximum atomic E-state index is 11.5. The van der Waals surface area contributed by atoms with Gasteiger partial charge in [0, 0.05) is 38.5 Å². The van der Waals surface area contributed by atoms with Gasteiger partial charge in [-0.05, 0) is 0 Å². The summed E-state index contributed by atoms with van der Waals surface area (Å²) in [6.07, 6.45) is -4.73. The molecule has 0 radical (unpaired) electrons. The Labute approximate surface area is 450 Å². The second kappa shape index (κ2) is 39.4. The third-order valence-electron chi connectivity index (χ3n) is 9.45. The number of carboxylic acid groups (broad SMARTS) is 3.